The molecule has 0 heterocycles. The molecule has 0 aliphatic carbocycles. The molecule has 0 aromatic rings. The van der Waals surface area contributed by atoms with E-state index < -0.39 is 11.2 Å². The number of hydrogen-bond donors (Lipinski definition) is 2. The van der Waals surface area contributed by atoms with Gasteiger partial charge in [-0.05, 0) is 27.7 Å². The average Bonchev–Trinajstić information content (AvgIpc) is 1.25. The van der Waals surface area contributed by atoms with Crippen LogP contribution in [0.1, 0.15) is 27.7 Å². The van der Waals surface area contributed by atoms with Gasteiger partial charge in [-0.15, -0.1) is 0 Å². The van der Waals surface area contributed by atoms with Crippen molar-refractivity contribution in [2.45, 2.75) is 38.9 Å². The number of rotatable bonds is 1. The van der Waals surface area contributed by atoms with Crippen LogP contribution < -0.4 is 0 Å². The van der Waals surface area contributed by atoms with Crippen molar-refractivity contribution >= 4 is 29.6 Å². The van der Waals surface area contributed by atoms with Gasteiger partial charge in [-0.2, -0.15) is 0 Å². The maximum absolute atomic E-state index is 9.10. The molecule has 0 aromatic carbocycles. The molecule has 0 bridgehead atoms. The molecule has 0 amide bonds. The second kappa shape index (κ2) is 3.35. The quantitative estimate of drug-likeness (QED) is 0.501. The van der Waals surface area contributed by atoms with Gasteiger partial charge in [0.25, 0.3) is 0 Å². The molecule has 0 fully saturated rings. The summed E-state index contributed by atoms with van der Waals surface area (Å²) in [4.78, 5) is 0. The first-order valence-electron chi connectivity index (χ1n) is 2.70. The summed E-state index contributed by atoms with van der Waals surface area (Å²) in [6.45, 7) is 6.31. The fourth-order valence-corrected chi connectivity index (χ4v) is 0. The van der Waals surface area contributed by atoms with E-state index in [2.05, 4.69) is 0 Å². The Morgan fingerprint density at radius 2 is 0.889 bits per heavy atom. The molecule has 0 aliphatic heterocycles. The Kier molecular flexibility index (Phi) is 4.69. The van der Waals surface area contributed by atoms with Crippen LogP contribution in [0.15, 0.2) is 0 Å². The fourth-order valence-electron chi connectivity index (χ4n) is 0. The van der Waals surface area contributed by atoms with Crippen LogP contribution in [0.3, 0.4) is 0 Å². The van der Waals surface area contributed by atoms with Crippen molar-refractivity contribution in [3.05, 3.63) is 0 Å². The molecule has 0 saturated carbocycles. The Labute approximate surface area is 78.6 Å². The molecule has 0 saturated heterocycles. The second-order valence-electron chi connectivity index (χ2n) is 3.12. The fraction of sp³-hybridized carbons (Fsp3) is 1.00. The Morgan fingerprint density at radius 3 is 0.889 bits per heavy atom. The van der Waals surface area contributed by atoms with Crippen LogP contribution in [0.25, 0.3) is 0 Å². The molecule has 2 nitrogen and oxygen atoms in total. The first-order chi connectivity index (χ1) is 3.25. The van der Waals surface area contributed by atoms with Gasteiger partial charge in [-0.25, -0.2) is 0 Å². The van der Waals surface area contributed by atoms with E-state index in [0.717, 1.165) is 0 Å². The average molecular weight is 142 g/mol. The van der Waals surface area contributed by atoms with Gasteiger partial charge in [0.05, 0.1) is 11.2 Å². The summed E-state index contributed by atoms with van der Waals surface area (Å²) in [6, 6.07) is 0. The third kappa shape index (κ3) is 4.34. The molecule has 2 N–H and O–H groups in total. The normalized spacial score (nSPS) is 12.7. The number of hydrogen-bond acceptors (Lipinski definition) is 2. The number of aliphatic hydroxyl groups is 2. The molecular formula is C6H15NaO2. The summed E-state index contributed by atoms with van der Waals surface area (Å²) in [5, 5.41) is 18.2. The van der Waals surface area contributed by atoms with E-state index in [1.165, 1.54) is 0 Å². The van der Waals surface area contributed by atoms with Crippen molar-refractivity contribution in [3.63, 3.8) is 0 Å². The predicted octanol–water partition coefficient (Wildman–Crippen LogP) is -0.120. The SMILES string of the molecule is CC(C)(O)C(C)(C)O.[NaH]. The van der Waals surface area contributed by atoms with E-state index in [9.17, 15) is 0 Å². The summed E-state index contributed by atoms with van der Waals surface area (Å²) < 4.78 is 0. The van der Waals surface area contributed by atoms with Crippen LogP contribution in [0.4, 0.5) is 0 Å². The Morgan fingerprint density at radius 1 is 0.778 bits per heavy atom. The monoisotopic (exact) mass is 142 g/mol. The minimum atomic E-state index is -1.01. The van der Waals surface area contributed by atoms with Crippen molar-refractivity contribution < 1.29 is 10.2 Å². The van der Waals surface area contributed by atoms with Crippen molar-refractivity contribution in [1.29, 1.82) is 0 Å². The predicted molar refractivity (Wildman–Crippen MR) is 39.7 cm³/mol. The van der Waals surface area contributed by atoms with Crippen molar-refractivity contribution in [2.75, 3.05) is 0 Å². The maximum atomic E-state index is 9.10. The van der Waals surface area contributed by atoms with E-state index >= 15 is 0 Å². The van der Waals surface area contributed by atoms with E-state index in [-0.39, 0.29) is 29.6 Å². The molecule has 0 atom stereocenters. The van der Waals surface area contributed by atoms with Crippen LogP contribution in [-0.4, -0.2) is 51.0 Å². The van der Waals surface area contributed by atoms with Gasteiger partial charge in [0.1, 0.15) is 0 Å². The molecule has 0 spiro atoms. The van der Waals surface area contributed by atoms with E-state index in [0.29, 0.717) is 0 Å². The van der Waals surface area contributed by atoms with Gasteiger partial charge in [0.2, 0.25) is 0 Å². The van der Waals surface area contributed by atoms with Crippen LogP contribution in [0.2, 0.25) is 0 Å². The zero-order chi connectivity index (χ0) is 7.00. The molecule has 0 unspecified atom stereocenters. The summed E-state index contributed by atoms with van der Waals surface area (Å²) in [5.74, 6) is 0. The van der Waals surface area contributed by atoms with Crippen molar-refractivity contribution in [3.8, 4) is 0 Å². The standard InChI is InChI=1S/C6H14O2.Na.H/c1-5(2,7)6(3,4)8;;/h7-8H,1-4H3;;. The summed E-state index contributed by atoms with van der Waals surface area (Å²) in [7, 11) is 0. The van der Waals surface area contributed by atoms with E-state index in [4.69, 9.17) is 10.2 Å². The summed E-state index contributed by atoms with van der Waals surface area (Å²) >= 11 is 0. The molecule has 3 heteroatoms. The van der Waals surface area contributed by atoms with Crippen molar-refractivity contribution in [1.82, 2.24) is 0 Å². The van der Waals surface area contributed by atoms with E-state index in [1.54, 1.807) is 27.7 Å². The van der Waals surface area contributed by atoms with Crippen LogP contribution in [0.5, 0.6) is 0 Å². The summed E-state index contributed by atoms with van der Waals surface area (Å²) in [5.41, 5.74) is -2.01. The first-order valence-corrected chi connectivity index (χ1v) is 2.70. The summed E-state index contributed by atoms with van der Waals surface area (Å²) in [6.07, 6.45) is 0. The van der Waals surface area contributed by atoms with Gasteiger partial charge in [0.15, 0.2) is 0 Å². The van der Waals surface area contributed by atoms with Gasteiger partial charge < -0.3 is 10.2 Å². The molecule has 0 radical (unpaired) electrons. The van der Waals surface area contributed by atoms with Crippen molar-refractivity contribution in [2.24, 2.45) is 0 Å². The van der Waals surface area contributed by atoms with Gasteiger partial charge in [0, 0.05) is 0 Å². The molecule has 0 rings (SSSR count). The molecular weight excluding hydrogens is 127 g/mol. The zero-order valence-corrected chi connectivity index (χ0v) is 5.89. The zero-order valence-electron chi connectivity index (χ0n) is 5.89. The van der Waals surface area contributed by atoms with Gasteiger partial charge >= 0.3 is 29.6 Å². The topological polar surface area (TPSA) is 40.5 Å². The third-order valence-corrected chi connectivity index (χ3v) is 1.50. The molecule has 0 aromatic heterocycles. The van der Waals surface area contributed by atoms with Crippen LogP contribution >= 0.6 is 0 Å². The molecule has 52 valence electrons. The minimum absolute atomic E-state index is 0. The Hall–Kier alpha value is 0.920. The van der Waals surface area contributed by atoms with Crippen LogP contribution in [-0.2, 0) is 0 Å². The second-order valence-corrected chi connectivity index (χ2v) is 3.12. The Balaban J connectivity index is 0. The molecule has 0 aliphatic rings. The van der Waals surface area contributed by atoms with E-state index in [1.807, 2.05) is 0 Å². The molecule has 9 heavy (non-hydrogen) atoms. The first kappa shape index (κ1) is 12.6. The Bertz CT molecular complexity index is 66.0. The van der Waals surface area contributed by atoms with Crippen LogP contribution in [0, 0.1) is 0 Å². The third-order valence-electron chi connectivity index (χ3n) is 1.50. The van der Waals surface area contributed by atoms with Gasteiger partial charge in [-0.3, -0.25) is 0 Å². The van der Waals surface area contributed by atoms with Gasteiger partial charge in [-0.1, -0.05) is 0 Å².